The summed E-state index contributed by atoms with van der Waals surface area (Å²) in [5.41, 5.74) is 6.29. The van der Waals surface area contributed by atoms with Gasteiger partial charge in [-0.1, -0.05) is 23.2 Å². The van der Waals surface area contributed by atoms with E-state index < -0.39 is 34.3 Å². The average Bonchev–Trinajstić information content (AvgIpc) is 3.51. The van der Waals surface area contributed by atoms with E-state index in [-0.39, 0.29) is 54.2 Å². The SMILES string of the molecule is CN(C)C(=O)C(=N)/C(Cl)=C1/CN(c2nc(OC[C@@]34CCCN3C/C(=C\F)C4)nc3c2CO[C@H](c2cc(N)cc(Cl)c2C(F)(F)F)C3)CCC[NH2+]1. The first-order valence-corrected chi connectivity index (χ1v) is 17.1. The van der Waals surface area contributed by atoms with Gasteiger partial charge in [-0.15, -0.1) is 0 Å². The third kappa shape index (κ3) is 7.15. The number of halogens is 6. The molecule has 1 aromatic carbocycles. The maximum absolute atomic E-state index is 14.2. The van der Waals surface area contributed by atoms with Crippen molar-refractivity contribution in [2.45, 2.75) is 56.5 Å². The van der Waals surface area contributed by atoms with E-state index in [1.807, 2.05) is 10.2 Å². The summed E-state index contributed by atoms with van der Waals surface area (Å²) >= 11 is 12.7. The fraction of sp³-hybridized carbons (Fsp3) is 0.515. The monoisotopic (exact) mass is 741 g/mol. The van der Waals surface area contributed by atoms with Gasteiger partial charge in [-0.25, -0.2) is 4.39 Å². The summed E-state index contributed by atoms with van der Waals surface area (Å²) in [5, 5.41) is 9.78. The Balaban J connectivity index is 1.39. The number of quaternary nitrogens is 1. The quantitative estimate of drug-likeness (QED) is 0.217. The predicted octanol–water partition coefficient (Wildman–Crippen LogP) is 4.35. The van der Waals surface area contributed by atoms with E-state index in [4.69, 9.17) is 53.8 Å². The molecule has 0 unspecified atom stereocenters. The number of hydrogen-bond acceptors (Lipinski definition) is 9. The molecule has 0 aliphatic carbocycles. The number of amides is 1. The third-order valence-electron chi connectivity index (χ3n) is 9.75. The lowest BCUT2D eigenvalue weighted by Crippen LogP contribution is -2.83. The van der Waals surface area contributed by atoms with Crippen LogP contribution in [-0.2, 0) is 28.7 Å². The number of alkyl halides is 3. The van der Waals surface area contributed by atoms with Crippen LogP contribution < -0.4 is 20.7 Å². The zero-order valence-corrected chi connectivity index (χ0v) is 29.2. The van der Waals surface area contributed by atoms with Crippen molar-refractivity contribution in [1.82, 2.24) is 19.8 Å². The highest BCUT2D eigenvalue weighted by Gasteiger charge is 2.47. The van der Waals surface area contributed by atoms with Crippen molar-refractivity contribution in [3.05, 3.63) is 62.2 Å². The van der Waals surface area contributed by atoms with Crippen LogP contribution >= 0.6 is 23.2 Å². The first kappa shape index (κ1) is 36.3. The number of fused-ring (bicyclic) bond motifs is 2. The lowest BCUT2D eigenvalue weighted by atomic mass is 9.94. The summed E-state index contributed by atoms with van der Waals surface area (Å²) in [6.07, 6.45) is -2.29. The van der Waals surface area contributed by atoms with E-state index in [1.54, 1.807) is 0 Å². The summed E-state index contributed by atoms with van der Waals surface area (Å²) < 4.78 is 68.7. The zero-order valence-electron chi connectivity index (χ0n) is 27.7. The van der Waals surface area contributed by atoms with Gasteiger partial charge in [-0.05, 0) is 49.1 Å². The van der Waals surface area contributed by atoms with Crippen LogP contribution in [0.5, 0.6) is 6.01 Å². The van der Waals surface area contributed by atoms with Crippen LogP contribution in [0.4, 0.5) is 29.1 Å². The molecule has 3 fully saturated rings. The molecule has 0 saturated carbocycles. The second-order valence-electron chi connectivity index (χ2n) is 13.4. The fourth-order valence-corrected chi connectivity index (χ4v) is 7.90. The molecule has 1 aromatic heterocycles. The van der Waals surface area contributed by atoms with Crippen LogP contribution in [0.15, 0.2) is 34.8 Å². The summed E-state index contributed by atoms with van der Waals surface area (Å²) in [6.45, 7) is 2.73. The van der Waals surface area contributed by atoms with Crippen LogP contribution in [0.3, 0.4) is 0 Å². The van der Waals surface area contributed by atoms with Crippen molar-refractivity contribution in [3.8, 4) is 6.01 Å². The molecule has 17 heteroatoms. The lowest BCUT2D eigenvalue weighted by molar-refractivity contribution is -0.605. The van der Waals surface area contributed by atoms with Gasteiger partial charge >= 0.3 is 12.2 Å². The normalized spacial score (nSPS) is 24.5. The van der Waals surface area contributed by atoms with E-state index in [0.717, 1.165) is 25.5 Å². The third-order valence-corrected chi connectivity index (χ3v) is 10.5. The van der Waals surface area contributed by atoms with Gasteiger partial charge in [0, 0.05) is 51.3 Å². The summed E-state index contributed by atoms with van der Waals surface area (Å²) in [4.78, 5) is 27.5. The number of nitrogen functional groups attached to an aromatic ring is 1. The van der Waals surface area contributed by atoms with Crippen molar-refractivity contribution in [1.29, 1.82) is 5.41 Å². The van der Waals surface area contributed by atoms with E-state index in [9.17, 15) is 22.4 Å². The second-order valence-corrected chi connectivity index (χ2v) is 14.2. The van der Waals surface area contributed by atoms with Crippen molar-refractivity contribution in [3.63, 3.8) is 0 Å². The smallest absolute Gasteiger partial charge is 0.418 e. The topological polar surface area (TPSA) is 138 Å². The molecule has 6 rings (SSSR count). The maximum atomic E-state index is 14.2. The number of carbonyl (C=O) groups is 1. The molecule has 11 nitrogen and oxygen atoms in total. The van der Waals surface area contributed by atoms with Crippen LogP contribution in [-0.4, -0.2) is 90.4 Å². The van der Waals surface area contributed by atoms with Crippen molar-refractivity contribution in [2.75, 3.05) is 64.1 Å². The van der Waals surface area contributed by atoms with Crippen LogP contribution in [0.2, 0.25) is 5.02 Å². The van der Waals surface area contributed by atoms with E-state index in [2.05, 4.69) is 4.90 Å². The highest BCUT2D eigenvalue weighted by molar-refractivity contribution is 6.58. The highest BCUT2D eigenvalue weighted by Crippen LogP contribution is 2.45. The molecule has 5 N–H and O–H groups in total. The molecular weight excluding hydrogens is 703 g/mol. The molecule has 4 aliphatic rings. The second kappa shape index (κ2) is 14.3. The molecule has 2 aromatic rings. The Morgan fingerprint density at radius 2 is 2.04 bits per heavy atom. The number of nitrogens with two attached hydrogens (primary N) is 2. The van der Waals surface area contributed by atoms with Crippen LogP contribution in [0, 0.1) is 5.41 Å². The summed E-state index contributed by atoms with van der Waals surface area (Å²) in [7, 11) is 3.08. The van der Waals surface area contributed by atoms with Gasteiger partial charge in [0.2, 0.25) is 0 Å². The minimum Gasteiger partial charge on any atom is -0.461 e. The number of ether oxygens (including phenoxy) is 2. The minimum atomic E-state index is -4.76. The van der Waals surface area contributed by atoms with Gasteiger partial charge in [0.15, 0.2) is 0 Å². The number of benzene rings is 1. The number of nitrogens with zero attached hydrogens (tertiary/aromatic N) is 5. The van der Waals surface area contributed by atoms with Crippen molar-refractivity contribution in [2.24, 2.45) is 0 Å². The Morgan fingerprint density at radius 1 is 1.26 bits per heavy atom. The summed E-state index contributed by atoms with van der Waals surface area (Å²) in [6, 6.07) is 2.31. The molecule has 5 heterocycles. The van der Waals surface area contributed by atoms with Crippen molar-refractivity contribution >= 4 is 46.3 Å². The van der Waals surface area contributed by atoms with Crippen LogP contribution in [0.1, 0.15) is 54.2 Å². The largest absolute Gasteiger partial charge is 0.461 e. The first-order valence-electron chi connectivity index (χ1n) is 16.3. The van der Waals surface area contributed by atoms with Gasteiger partial charge in [0.1, 0.15) is 28.9 Å². The average molecular weight is 743 g/mol. The standard InChI is InChI=1S/C33H38Cl2F4N8O3/c1-45(2)30(48)28(41)27(35)24-15-46(7-4-6-42-24)29-21-16-49-25(20-9-19(40)10-22(34)26(20)33(37,38)39)11-23(21)43-31(44-29)50-17-32-5-3-8-47(32)14-18(12-32)13-36/h9-10,13,25,41-42H,3-8,11-12,14-17,40H2,1-2H3/p+1/b18-13-,27-24+,41-28?/t25-,32-/m0/s1. The van der Waals surface area contributed by atoms with E-state index >= 15 is 0 Å². The molecule has 2 atom stereocenters. The Hall–Kier alpha value is -3.50. The number of aromatic nitrogens is 2. The molecule has 4 aliphatic heterocycles. The van der Waals surface area contributed by atoms with Gasteiger partial charge < -0.3 is 30.3 Å². The molecule has 0 radical (unpaired) electrons. The predicted molar refractivity (Wildman–Crippen MR) is 180 cm³/mol. The number of rotatable bonds is 7. The number of nitrogens with one attached hydrogen (secondary N) is 1. The minimum absolute atomic E-state index is 0.0166. The van der Waals surface area contributed by atoms with Crippen molar-refractivity contribution < 1.29 is 37.1 Å². The summed E-state index contributed by atoms with van der Waals surface area (Å²) in [5.74, 6) is -0.0940. The highest BCUT2D eigenvalue weighted by atomic mass is 35.5. The maximum Gasteiger partial charge on any atom is 0.418 e. The number of anilines is 2. The lowest BCUT2D eigenvalue weighted by Gasteiger charge is -2.33. The van der Waals surface area contributed by atoms with Gasteiger partial charge in [-0.3, -0.25) is 15.1 Å². The van der Waals surface area contributed by atoms with Crippen LogP contribution in [0.25, 0.3) is 0 Å². The zero-order chi connectivity index (χ0) is 36.0. The van der Waals surface area contributed by atoms with Gasteiger partial charge in [-0.2, -0.15) is 23.1 Å². The van der Waals surface area contributed by atoms with Gasteiger partial charge in [0.05, 0.1) is 53.9 Å². The number of carbonyl (C=O) groups excluding carboxylic acids is 1. The van der Waals surface area contributed by atoms with E-state index in [0.29, 0.717) is 67.2 Å². The molecule has 0 bridgehead atoms. The Bertz CT molecular complexity index is 1750. The Labute approximate surface area is 296 Å². The first-order chi connectivity index (χ1) is 23.7. The van der Waals surface area contributed by atoms with Gasteiger partial charge in [0.25, 0.3) is 5.91 Å². The molecule has 50 heavy (non-hydrogen) atoms. The molecular formula is C33H39Cl2F4N8O3+. The molecule has 270 valence electrons. The Kier molecular flexibility index (Phi) is 10.3. The number of hydrogen-bond donors (Lipinski definition) is 3. The molecule has 0 spiro atoms. The Morgan fingerprint density at radius 3 is 2.76 bits per heavy atom. The molecule has 3 saturated heterocycles. The van der Waals surface area contributed by atoms with E-state index in [1.165, 1.54) is 25.1 Å². The fourth-order valence-electron chi connectivity index (χ4n) is 7.34. The molecule has 1 amide bonds.